The van der Waals surface area contributed by atoms with Gasteiger partial charge in [-0.3, -0.25) is 0 Å². The van der Waals surface area contributed by atoms with Crippen molar-refractivity contribution < 1.29 is 19.1 Å². The predicted octanol–water partition coefficient (Wildman–Crippen LogP) is 0.850. The zero-order valence-corrected chi connectivity index (χ0v) is 11.9. The van der Waals surface area contributed by atoms with Crippen molar-refractivity contribution in [3.63, 3.8) is 0 Å². The Morgan fingerprint density at radius 2 is 2.29 bits per heavy atom. The second kappa shape index (κ2) is 6.83. The fraction of sp³-hybridized carbons (Fsp3) is 0.429. The van der Waals surface area contributed by atoms with Gasteiger partial charge in [0.25, 0.3) is 0 Å². The van der Waals surface area contributed by atoms with Gasteiger partial charge in [-0.2, -0.15) is 0 Å². The molecule has 1 saturated heterocycles. The number of amides is 2. The van der Waals surface area contributed by atoms with Gasteiger partial charge < -0.3 is 25.4 Å². The topological polar surface area (TPSA) is 93.9 Å². The lowest BCUT2D eigenvalue weighted by Crippen LogP contribution is -2.31. The molecule has 1 aromatic rings. The molecular formula is C14H19N3O4. The Morgan fingerprint density at radius 3 is 2.95 bits per heavy atom. The summed E-state index contributed by atoms with van der Waals surface area (Å²) >= 11 is 0. The summed E-state index contributed by atoms with van der Waals surface area (Å²) in [6.45, 7) is 3.96. The quantitative estimate of drug-likeness (QED) is 0.599. The first-order valence-electron chi connectivity index (χ1n) is 6.84. The Bertz CT molecular complexity index is 533. The van der Waals surface area contributed by atoms with Gasteiger partial charge >= 0.3 is 12.0 Å². The molecule has 114 valence electrons. The first kappa shape index (κ1) is 15.0. The number of anilines is 1. The molecule has 0 saturated carbocycles. The van der Waals surface area contributed by atoms with Crippen molar-refractivity contribution in [3.8, 4) is 5.75 Å². The van der Waals surface area contributed by atoms with E-state index in [0.29, 0.717) is 37.7 Å². The van der Waals surface area contributed by atoms with E-state index >= 15 is 0 Å². The van der Waals surface area contributed by atoms with Crippen LogP contribution in [0.1, 0.15) is 17.3 Å². The zero-order chi connectivity index (χ0) is 15.2. The highest BCUT2D eigenvalue weighted by Crippen LogP contribution is 2.25. The third-order valence-electron chi connectivity index (χ3n) is 3.10. The van der Waals surface area contributed by atoms with Crippen LogP contribution in [-0.2, 0) is 4.74 Å². The number of hydrogen-bond acceptors (Lipinski definition) is 5. The van der Waals surface area contributed by atoms with E-state index in [2.05, 4.69) is 5.32 Å². The second-order valence-electron chi connectivity index (χ2n) is 4.51. The first-order chi connectivity index (χ1) is 10.1. The lowest BCUT2D eigenvalue weighted by atomic mass is 10.1. The molecule has 21 heavy (non-hydrogen) atoms. The molecule has 2 amide bonds. The van der Waals surface area contributed by atoms with Gasteiger partial charge in [0.1, 0.15) is 17.9 Å². The monoisotopic (exact) mass is 293 g/mol. The lowest BCUT2D eigenvalue weighted by molar-refractivity contribution is 0.0478. The van der Waals surface area contributed by atoms with Crippen molar-refractivity contribution in [2.75, 3.05) is 38.6 Å². The second-order valence-corrected chi connectivity index (χ2v) is 4.51. The molecule has 3 N–H and O–H groups in total. The summed E-state index contributed by atoms with van der Waals surface area (Å²) < 4.78 is 10.6. The highest BCUT2D eigenvalue weighted by molar-refractivity contribution is 5.98. The molecule has 0 unspecified atom stereocenters. The first-order valence-corrected chi connectivity index (χ1v) is 6.84. The van der Waals surface area contributed by atoms with Gasteiger partial charge in [0, 0.05) is 18.8 Å². The molecular weight excluding hydrogens is 274 g/mol. The fourth-order valence-electron chi connectivity index (χ4n) is 2.09. The molecule has 1 fully saturated rings. The van der Waals surface area contributed by atoms with Gasteiger partial charge in [-0.05, 0) is 19.1 Å². The molecule has 0 aliphatic carbocycles. The highest BCUT2D eigenvalue weighted by Gasteiger charge is 2.21. The molecule has 0 bridgehead atoms. The van der Waals surface area contributed by atoms with Crippen LogP contribution in [0.2, 0.25) is 0 Å². The van der Waals surface area contributed by atoms with E-state index in [0.717, 1.165) is 0 Å². The molecule has 1 heterocycles. The van der Waals surface area contributed by atoms with E-state index in [1.54, 1.807) is 23.1 Å². The average Bonchev–Trinajstić information content (AvgIpc) is 2.85. The number of esters is 1. The molecule has 0 spiro atoms. The number of rotatable bonds is 6. The summed E-state index contributed by atoms with van der Waals surface area (Å²) in [5.74, 6) is -0.141. The summed E-state index contributed by atoms with van der Waals surface area (Å²) in [5.41, 5.74) is 6.35. The van der Waals surface area contributed by atoms with Crippen molar-refractivity contribution in [1.29, 1.82) is 0 Å². The number of urea groups is 1. The molecule has 0 aromatic heterocycles. The van der Waals surface area contributed by atoms with Gasteiger partial charge in [-0.25, -0.2) is 9.59 Å². The summed E-state index contributed by atoms with van der Waals surface area (Å²) in [4.78, 5) is 25.1. The van der Waals surface area contributed by atoms with Gasteiger partial charge in [-0.1, -0.05) is 6.07 Å². The van der Waals surface area contributed by atoms with Crippen LogP contribution in [0.15, 0.2) is 18.2 Å². The molecule has 7 nitrogen and oxygen atoms in total. The van der Waals surface area contributed by atoms with Gasteiger partial charge in [0.05, 0.1) is 13.2 Å². The van der Waals surface area contributed by atoms with E-state index in [1.807, 2.05) is 6.92 Å². The van der Waals surface area contributed by atoms with Gasteiger partial charge in [0.2, 0.25) is 0 Å². The molecule has 0 atom stereocenters. The maximum absolute atomic E-state index is 12.1. The van der Waals surface area contributed by atoms with Crippen LogP contribution in [0.4, 0.5) is 10.5 Å². The van der Waals surface area contributed by atoms with Crippen LogP contribution < -0.4 is 15.8 Å². The molecule has 1 aromatic carbocycles. The summed E-state index contributed by atoms with van der Waals surface area (Å²) in [7, 11) is 0. The zero-order valence-electron chi connectivity index (χ0n) is 11.9. The van der Waals surface area contributed by atoms with Crippen LogP contribution in [0.3, 0.4) is 0 Å². The minimum Gasteiger partial charge on any atom is -0.493 e. The molecule has 7 heteroatoms. The molecule has 1 aliphatic rings. The Balaban J connectivity index is 1.95. The van der Waals surface area contributed by atoms with Crippen LogP contribution in [0.25, 0.3) is 0 Å². The largest absolute Gasteiger partial charge is 0.493 e. The van der Waals surface area contributed by atoms with Crippen molar-refractivity contribution in [1.82, 2.24) is 10.2 Å². The number of nitrogens with zero attached hydrogens (tertiary/aromatic N) is 1. The van der Waals surface area contributed by atoms with Crippen molar-refractivity contribution in [2.45, 2.75) is 6.92 Å². The molecule has 1 aliphatic heterocycles. The Hall–Kier alpha value is -2.44. The Morgan fingerprint density at radius 1 is 1.48 bits per heavy atom. The van der Waals surface area contributed by atoms with Crippen molar-refractivity contribution in [2.24, 2.45) is 0 Å². The fourth-order valence-corrected chi connectivity index (χ4v) is 2.09. The molecule has 2 rings (SSSR count). The SMILES string of the molecule is CCOc1cccc(N)c1C(=O)OCCN1CCNC1=O. The third kappa shape index (κ3) is 3.56. The van der Waals surface area contributed by atoms with Crippen molar-refractivity contribution in [3.05, 3.63) is 23.8 Å². The van der Waals surface area contributed by atoms with E-state index in [-0.39, 0.29) is 18.2 Å². The van der Waals surface area contributed by atoms with E-state index in [1.165, 1.54) is 0 Å². The van der Waals surface area contributed by atoms with E-state index < -0.39 is 5.97 Å². The number of carbonyl (C=O) groups excluding carboxylic acids is 2. The smallest absolute Gasteiger partial charge is 0.344 e. The number of carbonyl (C=O) groups is 2. The van der Waals surface area contributed by atoms with Crippen LogP contribution in [-0.4, -0.2) is 49.7 Å². The Labute approximate surface area is 123 Å². The summed E-state index contributed by atoms with van der Waals surface area (Å²) in [6, 6.07) is 4.86. The van der Waals surface area contributed by atoms with Crippen LogP contribution >= 0.6 is 0 Å². The number of nitrogens with two attached hydrogens (primary N) is 1. The van der Waals surface area contributed by atoms with Crippen molar-refractivity contribution >= 4 is 17.7 Å². The maximum atomic E-state index is 12.1. The summed E-state index contributed by atoms with van der Waals surface area (Å²) in [5, 5.41) is 2.68. The van der Waals surface area contributed by atoms with E-state index in [9.17, 15) is 9.59 Å². The highest BCUT2D eigenvalue weighted by atomic mass is 16.5. The third-order valence-corrected chi connectivity index (χ3v) is 3.10. The molecule has 0 radical (unpaired) electrons. The van der Waals surface area contributed by atoms with Crippen LogP contribution in [0.5, 0.6) is 5.75 Å². The normalized spacial score (nSPS) is 14.0. The lowest BCUT2D eigenvalue weighted by Gasteiger charge is -2.15. The van der Waals surface area contributed by atoms with Crippen LogP contribution in [0, 0.1) is 0 Å². The number of benzene rings is 1. The number of ether oxygens (including phenoxy) is 2. The Kier molecular flexibility index (Phi) is 4.86. The number of nitrogens with one attached hydrogen (secondary N) is 1. The minimum absolute atomic E-state index is 0.117. The van der Waals surface area contributed by atoms with Gasteiger partial charge in [0.15, 0.2) is 0 Å². The average molecular weight is 293 g/mol. The van der Waals surface area contributed by atoms with E-state index in [4.69, 9.17) is 15.2 Å². The number of hydrogen-bond donors (Lipinski definition) is 2. The summed E-state index contributed by atoms with van der Waals surface area (Å²) in [6.07, 6.45) is 0. The minimum atomic E-state index is -0.545. The standard InChI is InChI=1S/C14H19N3O4/c1-2-20-11-5-3-4-10(15)12(11)13(18)21-9-8-17-7-6-16-14(17)19/h3-5H,2,6-9,15H2,1H3,(H,16,19). The predicted molar refractivity (Wildman–Crippen MR) is 77.3 cm³/mol. The number of nitrogen functional groups attached to an aromatic ring is 1. The maximum Gasteiger partial charge on any atom is 0.344 e. The van der Waals surface area contributed by atoms with Gasteiger partial charge in [-0.15, -0.1) is 0 Å².